The van der Waals surface area contributed by atoms with Crippen molar-refractivity contribution < 1.29 is 9.21 Å². The summed E-state index contributed by atoms with van der Waals surface area (Å²) >= 11 is 1.38. The lowest BCUT2D eigenvalue weighted by Crippen LogP contribution is -2.29. The van der Waals surface area contributed by atoms with E-state index in [2.05, 4.69) is 44.7 Å². The topological polar surface area (TPSA) is 76.2 Å². The van der Waals surface area contributed by atoms with Crippen molar-refractivity contribution in [2.24, 2.45) is 0 Å². The lowest BCUT2D eigenvalue weighted by Gasteiger charge is -2.28. The van der Waals surface area contributed by atoms with Crippen LogP contribution in [0.2, 0.25) is 0 Å². The van der Waals surface area contributed by atoms with Crippen molar-refractivity contribution in [1.29, 1.82) is 0 Å². The summed E-state index contributed by atoms with van der Waals surface area (Å²) in [6.07, 6.45) is 5.45. The van der Waals surface area contributed by atoms with Crippen LogP contribution in [0, 0.1) is 6.92 Å². The Bertz CT molecular complexity index is 1260. The number of piperidine rings is 1. The number of aromatic nitrogens is 3. The van der Waals surface area contributed by atoms with Crippen molar-refractivity contribution in [1.82, 2.24) is 14.8 Å². The summed E-state index contributed by atoms with van der Waals surface area (Å²) in [6.45, 7) is 4.72. The van der Waals surface area contributed by atoms with E-state index in [4.69, 9.17) is 4.42 Å². The number of nitrogens with zero attached hydrogens (tertiary/aromatic N) is 4. The van der Waals surface area contributed by atoms with Gasteiger partial charge in [0.15, 0.2) is 11.0 Å². The van der Waals surface area contributed by atoms with E-state index in [0.717, 1.165) is 41.5 Å². The molecule has 1 N–H and O–H groups in total. The van der Waals surface area contributed by atoms with Crippen LogP contribution in [-0.2, 0) is 11.3 Å². The van der Waals surface area contributed by atoms with Gasteiger partial charge in [-0.05, 0) is 62.1 Å². The Morgan fingerprint density at radius 1 is 1.00 bits per heavy atom. The van der Waals surface area contributed by atoms with Crippen molar-refractivity contribution in [3.8, 4) is 11.4 Å². The highest BCUT2D eigenvalue weighted by molar-refractivity contribution is 7.99. The number of benzene rings is 2. The van der Waals surface area contributed by atoms with Crippen LogP contribution in [-0.4, -0.2) is 39.5 Å². The smallest absolute Gasteiger partial charge is 0.234 e. The first-order valence-corrected chi connectivity index (χ1v) is 13.0. The van der Waals surface area contributed by atoms with Gasteiger partial charge in [-0.25, -0.2) is 0 Å². The van der Waals surface area contributed by atoms with Crippen molar-refractivity contribution in [2.45, 2.75) is 37.9 Å². The monoisotopic (exact) mass is 487 g/mol. The molecular formula is C27H29N5O2S. The lowest BCUT2D eigenvalue weighted by molar-refractivity contribution is -0.113. The Balaban J connectivity index is 1.26. The summed E-state index contributed by atoms with van der Waals surface area (Å²) in [5, 5.41) is 12.5. The van der Waals surface area contributed by atoms with E-state index in [1.54, 1.807) is 6.26 Å². The second-order valence-corrected chi connectivity index (χ2v) is 9.64. The normalized spacial score (nSPS) is 13.7. The molecule has 5 rings (SSSR count). The molecule has 1 amide bonds. The predicted molar refractivity (Wildman–Crippen MR) is 140 cm³/mol. The van der Waals surface area contributed by atoms with Crippen molar-refractivity contribution in [3.63, 3.8) is 0 Å². The molecule has 180 valence electrons. The third-order valence-electron chi connectivity index (χ3n) is 6.20. The van der Waals surface area contributed by atoms with Gasteiger partial charge in [-0.3, -0.25) is 9.36 Å². The van der Waals surface area contributed by atoms with Gasteiger partial charge in [-0.2, -0.15) is 0 Å². The van der Waals surface area contributed by atoms with Gasteiger partial charge in [0.25, 0.3) is 0 Å². The summed E-state index contributed by atoms with van der Waals surface area (Å²) in [4.78, 5) is 15.1. The maximum atomic E-state index is 12.7. The number of amides is 1. The second-order valence-electron chi connectivity index (χ2n) is 8.70. The molecule has 1 fully saturated rings. The zero-order valence-electron chi connectivity index (χ0n) is 19.8. The SMILES string of the molecule is Cc1occc1-c1nnc(SCC(=O)Nc2ccc(N3CCCCC3)cc2)n1Cc1ccccc1. The third-order valence-corrected chi connectivity index (χ3v) is 7.17. The number of carbonyl (C=O) groups excluding carboxylic acids is 1. The number of hydrogen-bond acceptors (Lipinski definition) is 6. The number of furan rings is 1. The van der Waals surface area contributed by atoms with Crippen LogP contribution in [0.15, 0.2) is 76.5 Å². The Hall–Kier alpha value is -3.52. The lowest BCUT2D eigenvalue weighted by atomic mass is 10.1. The number of rotatable bonds is 8. The van der Waals surface area contributed by atoms with Crippen LogP contribution in [0.25, 0.3) is 11.4 Å². The number of hydrogen-bond donors (Lipinski definition) is 1. The average molecular weight is 488 g/mol. The van der Waals surface area contributed by atoms with Gasteiger partial charge in [-0.15, -0.1) is 10.2 Å². The van der Waals surface area contributed by atoms with Crippen molar-refractivity contribution >= 4 is 29.0 Å². The molecule has 8 heteroatoms. The number of anilines is 2. The van der Waals surface area contributed by atoms with E-state index in [1.165, 1.54) is 36.7 Å². The Kier molecular flexibility index (Phi) is 7.18. The van der Waals surface area contributed by atoms with Crippen molar-refractivity contribution in [2.75, 3.05) is 29.1 Å². The zero-order chi connectivity index (χ0) is 24.0. The molecule has 2 aromatic carbocycles. The van der Waals surface area contributed by atoms with Gasteiger partial charge in [-0.1, -0.05) is 42.1 Å². The van der Waals surface area contributed by atoms with Gasteiger partial charge in [0.05, 0.1) is 24.1 Å². The molecule has 4 aromatic rings. The van der Waals surface area contributed by atoms with Crippen LogP contribution in [0.1, 0.15) is 30.6 Å². The van der Waals surface area contributed by atoms with Crippen LogP contribution in [0.3, 0.4) is 0 Å². The Morgan fingerprint density at radius 2 is 1.77 bits per heavy atom. The minimum atomic E-state index is -0.0731. The molecule has 0 bridgehead atoms. The van der Waals surface area contributed by atoms with Crippen LogP contribution in [0.5, 0.6) is 0 Å². The van der Waals surface area contributed by atoms with E-state index in [9.17, 15) is 4.79 Å². The first-order valence-electron chi connectivity index (χ1n) is 12.0. The number of nitrogens with one attached hydrogen (secondary N) is 1. The third kappa shape index (κ3) is 5.59. The van der Waals surface area contributed by atoms with E-state index >= 15 is 0 Å². The molecule has 0 saturated carbocycles. The fourth-order valence-electron chi connectivity index (χ4n) is 4.36. The summed E-state index contributed by atoms with van der Waals surface area (Å²) in [5.74, 6) is 1.69. The molecular weight excluding hydrogens is 458 g/mol. The fraction of sp³-hybridized carbons (Fsp3) is 0.296. The number of carbonyl (C=O) groups is 1. The molecule has 0 aliphatic carbocycles. The molecule has 1 aliphatic rings. The Labute approximate surface area is 209 Å². The highest BCUT2D eigenvalue weighted by Gasteiger charge is 2.19. The maximum Gasteiger partial charge on any atom is 0.234 e. The highest BCUT2D eigenvalue weighted by atomic mass is 32.2. The minimum absolute atomic E-state index is 0.0731. The van der Waals surface area contributed by atoms with E-state index in [1.807, 2.05) is 47.9 Å². The zero-order valence-corrected chi connectivity index (χ0v) is 20.6. The highest BCUT2D eigenvalue weighted by Crippen LogP contribution is 2.28. The van der Waals surface area contributed by atoms with Crippen LogP contribution in [0.4, 0.5) is 11.4 Å². The number of aryl methyl sites for hydroxylation is 1. The molecule has 0 atom stereocenters. The van der Waals surface area contributed by atoms with Gasteiger partial charge in [0.2, 0.25) is 5.91 Å². The summed E-state index contributed by atoms with van der Waals surface area (Å²) < 4.78 is 7.53. The number of thioether (sulfide) groups is 1. The van der Waals surface area contributed by atoms with Gasteiger partial charge in [0, 0.05) is 24.5 Å². The molecule has 35 heavy (non-hydrogen) atoms. The molecule has 1 saturated heterocycles. The first-order chi connectivity index (χ1) is 17.2. The Morgan fingerprint density at radius 3 is 2.49 bits per heavy atom. The molecule has 1 aliphatic heterocycles. The summed E-state index contributed by atoms with van der Waals surface area (Å²) in [7, 11) is 0. The van der Waals surface area contributed by atoms with Crippen LogP contribution < -0.4 is 10.2 Å². The largest absolute Gasteiger partial charge is 0.469 e. The van der Waals surface area contributed by atoms with E-state index in [0.29, 0.717) is 11.7 Å². The molecule has 0 spiro atoms. The maximum absolute atomic E-state index is 12.7. The molecule has 2 aromatic heterocycles. The van der Waals surface area contributed by atoms with Crippen molar-refractivity contribution in [3.05, 3.63) is 78.3 Å². The van der Waals surface area contributed by atoms with Gasteiger partial charge in [0.1, 0.15) is 5.76 Å². The molecule has 3 heterocycles. The summed E-state index contributed by atoms with van der Waals surface area (Å²) in [6, 6.07) is 20.2. The van der Waals surface area contributed by atoms with Crippen LogP contribution >= 0.6 is 11.8 Å². The van der Waals surface area contributed by atoms with Gasteiger partial charge < -0.3 is 14.6 Å². The minimum Gasteiger partial charge on any atom is -0.469 e. The van der Waals surface area contributed by atoms with Gasteiger partial charge >= 0.3 is 0 Å². The molecule has 0 unspecified atom stereocenters. The van der Waals surface area contributed by atoms with E-state index < -0.39 is 0 Å². The molecule has 0 radical (unpaired) electrons. The fourth-order valence-corrected chi connectivity index (χ4v) is 5.09. The second kappa shape index (κ2) is 10.8. The predicted octanol–water partition coefficient (Wildman–Crippen LogP) is 5.62. The first kappa shape index (κ1) is 23.2. The van der Waals surface area contributed by atoms with E-state index in [-0.39, 0.29) is 11.7 Å². The molecule has 7 nitrogen and oxygen atoms in total. The average Bonchev–Trinajstić information content (AvgIpc) is 3.49. The summed E-state index contributed by atoms with van der Waals surface area (Å²) in [5.41, 5.74) is 4.05. The standard InChI is InChI=1S/C27H29N5O2S/c1-20-24(14-17-34-20)26-29-30-27(32(26)18-21-8-4-2-5-9-21)35-19-25(33)28-22-10-12-23(13-11-22)31-15-6-3-7-16-31/h2,4-5,8-14,17H,3,6-7,15-16,18-19H2,1H3,(H,28,33). The quantitative estimate of drug-likeness (QED) is 0.325.